The van der Waals surface area contributed by atoms with Crippen molar-refractivity contribution in [3.05, 3.63) is 41.0 Å². The zero-order valence-electron chi connectivity index (χ0n) is 14.3. The molecule has 0 aliphatic heterocycles. The molecule has 1 fully saturated rings. The number of alkyl halides is 2. The fourth-order valence-corrected chi connectivity index (χ4v) is 3.09. The molecule has 1 aliphatic carbocycles. The van der Waals surface area contributed by atoms with Crippen molar-refractivity contribution in [1.29, 1.82) is 0 Å². The van der Waals surface area contributed by atoms with Gasteiger partial charge in [0.05, 0.1) is 11.1 Å². The van der Waals surface area contributed by atoms with Gasteiger partial charge in [-0.15, -0.1) is 5.10 Å². The molecule has 2 aromatic heterocycles. The van der Waals surface area contributed by atoms with Crippen molar-refractivity contribution < 1.29 is 18.6 Å². The monoisotopic (exact) mass is 394 g/mol. The van der Waals surface area contributed by atoms with E-state index in [-0.39, 0.29) is 22.2 Å². The van der Waals surface area contributed by atoms with Gasteiger partial charge in [-0.25, -0.2) is 18.4 Å². The first-order valence-electron chi connectivity index (χ1n) is 8.55. The largest absolute Gasteiger partial charge is 0.437 e. The molecule has 1 aromatic carbocycles. The maximum atomic E-state index is 13.2. The average Bonchev–Trinajstić information content (AvgIpc) is 3.42. The summed E-state index contributed by atoms with van der Waals surface area (Å²) in [6, 6.07) is 6.23. The van der Waals surface area contributed by atoms with Gasteiger partial charge < -0.3 is 9.84 Å². The second-order valence-electron chi connectivity index (χ2n) is 6.72. The van der Waals surface area contributed by atoms with Gasteiger partial charge >= 0.3 is 0 Å². The Bertz CT molecular complexity index is 973. The maximum absolute atomic E-state index is 13.2. The Morgan fingerprint density at radius 3 is 2.74 bits per heavy atom. The van der Waals surface area contributed by atoms with Gasteiger partial charge in [0.1, 0.15) is 23.9 Å². The van der Waals surface area contributed by atoms with Crippen LogP contribution in [0.15, 0.2) is 30.5 Å². The number of hydrogen-bond donors (Lipinski definition) is 1. The summed E-state index contributed by atoms with van der Waals surface area (Å²) in [6.07, 6.45) is 3.77. The van der Waals surface area contributed by atoms with Crippen LogP contribution in [-0.4, -0.2) is 38.4 Å². The molecule has 27 heavy (non-hydrogen) atoms. The Kier molecular flexibility index (Phi) is 4.69. The van der Waals surface area contributed by atoms with Crippen molar-refractivity contribution in [3.8, 4) is 11.6 Å². The molecule has 1 N–H and O–H groups in total. The molecule has 0 bridgehead atoms. The van der Waals surface area contributed by atoms with E-state index in [4.69, 9.17) is 16.3 Å². The molecular formula is C18H17ClF2N4O2. The highest BCUT2D eigenvalue weighted by Gasteiger charge is 2.34. The van der Waals surface area contributed by atoms with Gasteiger partial charge in [0.15, 0.2) is 11.4 Å². The zero-order chi connectivity index (χ0) is 19.0. The molecule has 2 heterocycles. The second kappa shape index (κ2) is 7.01. The standard InChI is InChI=1S/C18H17ClF2N4O2/c19-15-14(6-5-13-16(15)23-24-25(13)8-11-3-4-11)27-17-12(2-1-7-22-17)18(26,9-20)10-21/h1-2,5-7,11,26H,3-4,8-10H2. The summed E-state index contributed by atoms with van der Waals surface area (Å²) >= 11 is 6.41. The molecule has 142 valence electrons. The van der Waals surface area contributed by atoms with Gasteiger partial charge in [0, 0.05) is 12.7 Å². The summed E-state index contributed by atoms with van der Waals surface area (Å²) in [5, 5.41) is 18.6. The molecule has 0 saturated heterocycles. The van der Waals surface area contributed by atoms with Crippen LogP contribution < -0.4 is 4.74 Å². The molecular weight excluding hydrogens is 378 g/mol. The number of pyridine rings is 1. The van der Waals surface area contributed by atoms with Crippen LogP contribution in [0, 0.1) is 5.92 Å². The highest BCUT2D eigenvalue weighted by atomic mass is 35.5. The van der Waals surface area contributed by atoms with Gasteiger partial charge in [-0.1, -0.05) is 16.8 Å². The molecule has 0 atom stereocenters. The second-order valence-corrected chi connectivity index (χ2v) is 7.10. The van der Waals surface area contributed by atoms with Crippen LogP contribution in [0.2, 0.25) is 5.02 Å². The molecule has 0 amide bonds. The minimum atomic E-state index is -2.33. The van der Waals surface area contributed by atoms with E-state index in [1.54, 1.807) is 16.8 Å². The molecule has 0 unspecified atom stereocenters. The third kappa shape index (κ3) is 3.35. The molecule has 3 aromatic rings. The van der Waals surface area contributed by atoms with Crippen LogP contribution in [0.25, 0.3) is 11.0 Å². The van der Waals surface area contributed by atoms with E-state index in [0.717, 1.165) is 12.1 Å². The van der Waals surface area contributed by atoms with Crippen molar-refractivity contribution in [3.63, 3.8) is 0 Å². The molecule has 6 nitrogen and oxygen atoms in total. The molecule has 0 spiro atoms. The lowest BCUT2D eigenvalue weighted by Crippen LogP contribution is -2.31. The summed E-state index contributed by atoms with van der Waals surface area (Å²) in [6.45, 7) is -1.83. The average molecular weight is 395 g/mol. The SMILES string of the molecule is OC(CF)(CF)c1cccnc1Oc1ccc2c(nnn2CC2CC2)c1Cl. The fraction of sp³-hybridized carbons (Fsp3) is 0.389. The molecule has 4 rings (SSSR count). The van der Waals surface area contributed by atoms with E-state index in [1.165, 1.54) is 31.2 Å². The first-order chi connectivity index (χ1) is 13.1. The first-order valence-corrected chi connectivity index (χ1v) is 8.93. The third-order valence-corrected chi connectivity index (χ3v) is 5.00. The topological polar surface area (TPSA) is 73.1 Å². The van der Waals surface area contributed by atoms with Crippen molar-refractivity contribution in [1.82, 2.24) is 20.0 Å². The lowest BCUT2D eigenvalue weighted by Gasteiger charge is -2.23. The van der Waals surface area contributed by atoms with Crippen molar-refractivity contribution >= 4 is 22.6 Å². The Balaban J connectivity index is 1.69. The summed E-state index contributed by atoms with van der Waals surface area (Å²) in [5.74, 6) is 0.712. The van der Waals surface area contributed by atoms with Gasteiger partial charge in [0.2, 0.25) is 5.88 Å². The Morgan fingerprint density at radius 2 is 2.04 bits per heavy atom. The lowest BCUT2D eigenvalue weighted by atomic mass is 9.98. The minimum Gasteiger partial charge on any atom is -0.437 e. The highest BCUT2D eigenvalue weighted by molar-refractivity contribution is 6.36. The van der Waals surface area contributed by atoms with Gasteiger partial charge in [0.25, 0.3) is 0 Å². The van der Waals surface area contributed by atoms with Crippen molar-refractivity contribution in [2.75, 3.05) is 13.3 Å². The number of nitrogens with zero attached hydrogens (tertiary/aromatic N) is 4. The van der Waals surface area contributed by atoms with Crippen molar-refractivity contribution in [2.24, 2.45) is 5.92 Å². The van der Waals surface area contributed by atoms with E-state index in [0.29, 0.717) is 11.4 Å². The molecule has 0 radical (unpaired) electrons. The van der Waals surface area contributed by atoms with Crippen LogP contribution in [0.3, 0.4) is 0 Å². The van der Waals surface area contributed by atoms with E-state index in [1.807, 2.05) is 0 Å². The van der Waals surface area contributed by atoms with Crippen molar-refractivity contribution in [2.45, 2.75) is 25.0 Å². The maximum Gasteiger partial charge on any atom is 0.225 e. The van der Waals surface area contributed by atoms with Crippen LogP contribution >= 0.6 is 11.6 Å². The van der Waals surface area contributed by atoms with E-state index < -0.39 is 19.0 Å². The van der Waals surface area contributed by atoms with Crippen LogP contribution in [0.5, 0.6) is 11.6 Å². The number of rotatable bonds is 7. The Labute approximate surface area is 158 Å². The van der Waals surface area contributed by atoms with Gasteiger partial charge in [-0.05, 0) is 43.0 Å². The number of halogens is 3. The van der Waals surface area contributed by atoms with Crippen LogP contribution in [0.1, 0.15) is 18.4 Å². The smallest absolute Gasteiger partial charge is 0.225 e. The van der Waals surface area contributed by atoms with Gasteiger partial charge in [-0.3, -0.25) is 0 Å². The number of fused-ring (bicyclic) bond motifs is 1. The molecule has 1 aliphatic rings. The normalized spacial score (nSPS) is 14.7. The van der Waals surface area contributed by atoms with E-state index in [2.05, 4.69) is 15.3 Å². The number of benzene rings is 1. The number of aliphatic hydroxyl groups is 1. The fourth-order valence-electron chi connectivity index (χ4n) is 2.85. The van der Waals surface area contributed by atoms with Gasteiger partial charge in [-0.2, -0.15) is 0 Å². The van der Waals surface area contributed by atoms with Crippen LogP contribution in [-0.2, 0) is 12.1 Å². The highest BCUT2D eigenvalue weighted by Crippen LogP contribution is 2.38. The van der Waals surface area contributed by atoms with E-state index >= 15 is 0 Å². The number of ether oxygens (including phenoxy) is 1. The zero-order valence-corrected chi connectivity index (χ0v) is 15.0. The summed E-state index contributed by atoms with van der Waals surface area (Å²) in [5.41, 5.74) is -1.17. The quantitative estimate of drug-likeness (QED) is 0.659. The summed E-state index contributed by atoms with van der Waals surface area (Å²) < 4.78 is 33.9. The predicted molar refractivity (Wildman–Crippen MR) is 95.4 cm³/mol. The van der Waals surface area contributed by atoms with Crippen LogP contribution in [0.4, 0.5) is 8.78 Å². The number of hydrogen-bond acceptors (Lipinski definition) is 5. The summed E-state index contributed by atoms with van der Waals surface area (Å²) in [4.78, 5) is 3.99. The first kappa shape index (κ1) is 18.1. The number of aromatic nitrogens is 4. The van der Waals surface area contributed by atoms with E-state index in [9.17, 15) is 13.9 Å². The third-order valence-electron chi connectivity index (χ3n) is 4.64. The molecule has 9 heteroatoms. The predicted octanol–water partition coefficient (Wildman–Crippen LogP) is 3.81. The molecule has 1 saturated carbocycles. The summed E-state index contributed by atoms with van der Waals surface area (Å²) in [7, 11) is 0. The Morgan fingerprint density at radius 1 is 1.26 bits per heavy atom. The Hall–Kier alpha value is -2.32. The minimum absolute atomic E-state index is 0.0939. The lowest BCUT2D eigenvalue weighted by molar-refractivity contribution is -0.0130.